The molecule has 0 bridgehead atoms. The van der Waals surface area contributed by atoms with E-state index in [0.29, 0.717) is 11.3 Å². The molecule has 1 spiro atoms. The van der Waals surface area contributed by atoms with Crippen molar-refractivity contribution in [3.05, 3.63) is 21.4 Å². The van der Waals surface area contributed by atoms with E-state index >= 15 is 0 Å². The molecular weight excluding hydrogens is 344 g/mol. The molecule has 3 fully saturated rings. The molecule has 2 saturated heterocycles. The van der Waals surface area contributed by atoms with Crippen molar-refractivity contribution in [2.24, 2.45) is 17.3 Å². The van der Waals surface area contributed by atoms with Crippen LogP contribution in [0.2, 0.25) is 0 Å². The van der Waals surface area contributed by atoms with Crippen molar-refractivity contribution < 1.29 is 9.53 Å². The highest BCUT2D eigenvalue weighted by Gasteiger charge is 2.47. The SMILES string of the molecule is Cc1cc(C(=O)N2CCC3(CC2)CN(C)C[C@H]3COCC2CC2)sc1C. The van der Waals surface area contributed by atoms with E-state index in [4.69, 9.17) is 4.74 Å². The van der Waals surface area contributed by atoms with Crippen LogP contribution in [0.4, 0.5) is 0 Å². The van der Waals surface area contributed by atoms with Gasteiger partial charge in [-0.25, -0.2) is 0 Å². The molecule has 0 aromatic carbocycles. The molecule has 144 valence electrons. The Bertz CT molecular complexity index is 639. The summed E-state index contributed by atoms with van der Waals surface area (Å²) in [4.78, 5) is 19.6. The number of hydrogen-bond acceptors (Lipinski definition) is 4. The summed E-state index contributed by atoms with van der Waals surface area (Å²) in [5.74, 6) is 1.69. The summed E-state index contributed by atoms with van der Waals surface area (Å²) in [7, 11) is 2.23. The monoisotopic (exact) mass is 376 g/mol. The quantitative estimate of drug-likeness (QED) is 0.787. The molecule has 4 nitrogen and oxygen atoms in total. The zero-order valence-corrected chi connectivity index (χ0v) is 17.2. The average Bonchev–Trinajstić information content (AvgIpc) is 3.31. The first-order chi connectivity index (χ1) is 12.5. The molecule has 5 heteroatoms. The number of hydrogen-bond donors (Lipinski definition) is 0. The lowest BCUT2D eigenvalue weighted by molar-refractivity contribution is 0.0182. The van der Waals surface area contributed by atoms with Crippen LogP contribution in [0.3, 0.4) is 0 Å². The molecule has 1 amide bonds. The number of piperidine rings is 1. The number of carbonyl (C=O) groups excluding carboxylic acids is 1. The van der Waals surface area contributed by atoms with Gasteiger partial charge in [-0.1, -0.05) is 0 Å². The Morgan fingerprint density at radius 1 is 1.27 bits per heavy atom. The second-order valence-corrected chi connectivity index (χ2v) is 10.1. The minimum atomic E-state index is 0.230. The van der Waals surface area contributed by atoms with E-state index in [0.717, 1.165) is 63.0 Å². The molecule has 1 aliphatic carbocycles. The Balaban J connectivity index is 1.36. The summed E-state index contributed by atoms with van der Waals surface area (Å²) in [5, 5.41) is 0. The van der Waals surface area contributed by atoms with Crippen molar-refractivity contribution in [2.75, 3.05) is 46.4 Å². The third-order valence-corrected chi connectivity index (χ3v) is 7.92. The summed E-state index contributed by atoms with van der Waals surface area (Å²) in [6.45, 7) is 10.1. The van der Waals surface area contributed by atoms with Crippen molar-refractivity contribution in [1.82, 2.24) is 9.80 Å². The number of ether oxygens (including phenoxy) is 1. The first-order valence-electron chi connectivity index (χ1n) is 10.1. The minimum Gasteiger partial charge on any atom is -0.381 e. The Labute approximate surface area is 161 Å². The van der Waals surface area contributed by atoms with Gasteiger partial charge in [-0.15, -0.1) is 11.3 Å². The van der Waals surface area contributed by atoms with Gasteiger partial charge >= 0.3 is 0 Å². The lowest BCUT2D eigenvalue weighted by Crippen LogP contribution is -2.47. The number of thiophene rings is 1. The molecule has 3 aliphatic rings. The fourth-order valence-corrected chi connectivity index (χ4v) is 5.75. The molecule has 0 radical (unpaired) electrons. The Morgan fingerprint density at radius 2 is 2.00 bits per heavy atom. The minimum absolute atomic E-state index is 0.230. The van der Waals surface area contributed by atoms with E-state index in [-0.39, 0.29) is 5.91 Å². The Hall–Kier alpha value is -0.910. The van der Waals surface area contributed by atoms with Crippen molar-refractivity contribution in [2.45, 2.75) is 39.5 Å². The van der Waals surface area contributed by atoms with Gasteiger partial charge in [0.15, 0.2) is 0 Å². The van der Waals surface area contributed by atoms with Gasteiger partial charge in [-0.3, -0.25) is 4.79 Å². The number of rotatable bonds is 5. The number of aryl methyl sites for hydroxylation is 2. The van der Waals surface area contributed by atoms with Gasteiger partial charge in [0.1, 0.15) is 0 Å². The van der Waals surface area contributed by atoms with Gasteiger partial charge in [0, 0.05) is 43.6 Å². The van der Waals surface area contributed by atoms with Gasteiger partial charge in [-0.2, -0.15) is 0 Å². The van der Waals surface area contributed by atoms with Crippen LogP contribution >= 0.6 is 11.3 Å². The molecule has 1 aromatic heterocycles. The first-order valence-corrected chi connectivity index (χ1v) is 10.9. The van der Waals surface area contributed by atoms with Crippen LogP contribution in [0.5, 0.6) is 0 Å². The van der Waals surface area contributed by atoms with E-state index in [1.54, 1.807) is 11.3 Å². The number of likely N-dealkylation sites (tertiary alicyclic amines) is 2. The largest absolute Gasteiger partial charge is 0.381 e. The summed E-state index contributed by atoms with van der Waals surface area (Å²) in [5.41, 5.74) is 1.58. The van der Waals surface area contributed by atoms with E-state index in [1.807, 2.05) is 0 Å². The fraction of sp³-hybridized carbons (Fsp3) is 0.762. The highest BCUT2D eigenvalue weighted by Crippen LogP contribution is 2.45. The van der Waals surface area contributed by atoms with Crippen LogP contribution in [0.25, 0.3) is 0 Å². The molecule has 0 N–H and O–H groups in total. The van der Waals surface area contributed by atoms with E-state index in [2.05, 4.69) is 36.8 Å². The van der Waals surface area contributed by atoms with Crippen molar-refractivity contribution in [3.8, 4) is 0 Å². The maximum absolute atomic E-state index is 12.9. The zero-order chi connectivity index (χ0) is 18.3. The van der Waals surface area contributed by atoms with Crippen LogP contribution in [0.1, 0.15) is 45.8 Å². The molecular formula is C21H32N2O2S. The number of nitrogens with zero attached hydrogens (tertiary/aromatic N) is 2. The molecule has 2 aliphatic heterocycles. The highest BCUT2D eigenvalue weighted by molar-refractivity contribution is 7.14. The predicted octanol–water partition coefficient (Wildman–Crippen LogP) is 3.58. The van der Waals surface area contributed by atoms with Crippen molar-refractivity contribution in [3.63, 3.8) is 0 Å². The van der Waals surface area contributed by atoms with Crippen molar-refractivity contribution >= 4 is 17.2 Å². The maximum atomic E-state index is 12.9. The smallest absolute Gasteiger partial charge is 0.263 e. The maximum Gasteiger partial charge on any atom is 0.263 e. The molecule has 0 unspecified atom stereocenters. The average molecular weight is 377 g/mol. The van der Waals surface area contributed by atoms with E-state index < -0.39 is 0 Å². The lowest BCUT2D eigenvalue weighted by atomic mass is 9.71. The second kappa shape index (κ2) is 7.25. The molecule has 26 heavy (non-hydrogen) atoms. The zero-order valence-electron chi connectivity index (χ0n) is 16.4. The summed E-state index contributed by atoms with van der Waals surface area (Å²) in [6.07, 6.45) is 4.94. The second-order valence-electron chi connectivity index (χ2n) is 8.88. The summed E-state index contributed by atoms with van der Waals surface area (Å²) >= 11 is 1.64. The third-order valence-electron chi connectivity index (χ3n) is 6.78. The molecule has 1 atom stereocenters. The van der Waals surface area contributed by atoms with E-state index in [9.17, 15) is 4.79 Å². The Kier molecular flexibility index (Phi) is 5.15. The third kappa shape index (κ3) is 3.71. The molecule has 1 aromatic rings. The summed E-state index contributed by atoms with van der Waals surface area (Å²) < 4.78 is 6.07. The van der Waals surface area contributed by atoms with Crippen LogP contribution in [0.15, 0.2) is 6.07 Å². The molecule has 1 saturated carbocycles. The van der Waals surface area contributed by atoms with E-state index in [1.165, 1.54) is 23.3 Å². The van der Waals surface area contributed by atoms with Gasteiger partial charge in [-0.05, 0) is 69.5 Å². The molecule has 3 heterocycles. The lowest BCUT2D eigenvalue weighted by Gasteiger charge is -2.42. The topological polar surface area (TPSA) is 32.8 Å². The van der Waals surface area contributed by atoms with Crippen LogP contribution in [0, 0.1) is 31.1 Å². The molecule has 4 rings (SSSR count). The van der Waals surface area contributed by atoms with Crippen molar-refractivity contribution in [1.29, 1.82) is 0 Å². The predicted molar refractivity (Wildman–Crippen MR) is 106 cm³/mol. The van der Waals surface area contributed by atoms with Gasteiger partial charge in [0.05, 0.1) is 11.5 Å². The number of amides is 1. The summed E-state index contributed by atoms with van der Waals surface area (Å²) in [6, 6.07) is 2.06. The normalized spacial score (nSPS) is 26.0. The number of carbonyl (C=O) groups is 1. The standard InChI is InChI=1S/C21H32N2O2S/c1-15-10-19(26-16(15)2)20(24)23-8-6-21(7-9-23)14-22(3)11-18(21)13-25-12-17-4-5-17/h10,17-18H,4-9,11-14H2,1-3H3/t18-/m0/s1. The van der Waals surface area contributed by atoms with Gasteiger partial charge in [0.2, 0.25) is 0 Å². The fourth-order valence-electron chi connectivity index (χ4n) is 4.75. The van der Waals surface area contributed by atoms with Crippen LogP contribution in [-0.4, -0.2) is 62.1 Å². The van der Waals surface area contributed by atoms with Gasteiger partial charge < -0.3 is 14.5 Å². The van der Waals surface area contributed by atoms with Gasteiger partial charge in [0.25, 0.3) is 5.91 Å². The van der Waals surface area contributed by atoms with Crippen LogP contribution in [-0.2, 0) is 4.74 Å². The Morgan fingerprint density at radius 3 is 2.62 bits per heavy atom. The van der Waals surface area contributed by atoms with Crippen LogP contribution < -0.4 is 0 Å². The first kappa shape index (κ1) is 18.5. The highest BCUT2D eigenvalue weighted by atomic mass is 32.1.